The maximum atomic E-state index is 12.2. The minimum atomic E-state index is -0.715. The molecule has 0 aromatic heterocycles. The van der Waals surface area contributed by atoms with Gasteiger partial charge in [0, 0.05) is 5.56 Å². The summed E-state index contributed by atoms with van der Waals surface area (Å²) in [4.78, 5) is 24.1. The van der Waals surface area contributed by atoms with E-state index in [1.807, 2.05) is 26.8 Å². The highest BCUT2D eigenvalue weighted by Gasteiger charge is 2.16. The molecule has 2 rings (SSSR count). The Balaban J connectivity index is 2.09. The summed E-state index contributed by atoms with van der Waals surface area (Å²) in [5, 5.41) is 9.59. The van der Waals surface area contributed by atoms with Gasteiger partial charge in [0.2, 0.25) is 5.78 Å². The Hall–Kier alpha value is -2.62. The minimum Gasteiger partial charge on any atom is -0.507 e. The number of ketones is 1. The molecule has 2 aromatic rings. The number of para-hydroxylation sites is 1. The van der Waals surface area contributed by atoms with Gasteiger partial charge in [-0.2, -0.15) is 0 Å². The lowest BCUT2D eigenvalue weighted by Gasteiger charge is -2.10. The topological polar surface area (TPSA) is 63.6 Å². The van der Waals surface area contributed by atoms with Crippen LogP contribution >= 0.6 is 0 Å². The van der Waals surface area contributed by atoms with Crippen molar-refractivity contribution in [2.75, 3.05) is 6.61 Å². The molecule has 0 bridgehead atoms. The summed E-state index contributed by atoms with van der Waals surface area (Å²) in [5.74, 6) is -1.14. The Morgan fingerprint density at radius 3 is 2.27 bits per heavy atom. The van der Waals surface area contributed by atoms with Crippen LogP contribution in [0.15, 0.2) is 36.4 Å². The van der Waals surface area contributed by atoms with Gasteiger partial charge in [-0.1, -0.05) is 18.2 Å². The first-order chi connectivity index (χ1) is 10.4. The number of rotatable bonds is 4. The van der Waals surface area contributed by atoms with Crippen LogP contribution in [-0.2, 0) is 4.74 Å². The van der Waals surface area contributed by atoms with E-state index in [-0.39, 0.29) is 23.7 Å². The zero-order chi connectivity index (χ0) is 16.3. The van der Waals surface area contributed by atoms with Crippen LogP contribution in [0.1, 0.15) is 37.4 Å². The molecule has 4 nitrogen and oxygen atoms in total. The second-order valence-corrected chi connectivity index (χ2v) is 5.27. The fourth-order valence-electron chi connectivity index (χ4n) is 2.19. The van der Waals surface area contributed by atoms with Crippen molar-refractivity contribution in [2.24, 2.45) is 0 Å². The third-order valence-corrected chi connectivity index (χ3v) is 3.60. The predicted octanol–water partition coefficient (Wildman–Crippen LogP) is 3.36. The summed E-state index contributed by atoms with van der Waals surface area (Å²) in [5.41, 5.74) is 3.58. The van der Waals surface area contributed by atoms with Gasteiger partial charge in [0.1, 0.15) is 11.3 Å². The Labute approximate surface area is 129 Å². The van der Waals surface area contributed by atoms with E-state index in [2.05, 4.69) is 0 Å². The number of aromatic hydroxyl groups is 1. The number of esters is 1. The Kier molecular flexibility index (Phi) is 4.61. The Morgan fingerprint density at radius 1 is 0.955 bits per heavy atom. The van der Waals surface area contributed by atoms with Crippen molar-refractivity contribution in [3.63, 3.8) is 0 Å². The monoisotopic (exact) mass is 298 g/mol. The summed E-state index contributed by atoms with van der Waals surface area (Å²) < 4.78 is 5.00. The van der Waals surface area contributed by atoms with Crippen molar-refractivity contribution in [3.05, 3.63) is 64.2 Å². The number of hydrogen-bond donors (Lipinski definition) is 1. The maximum absolute atomic E-state index is 12.2. The normalized spacial score (nSPS) is 10.3. The van der Waals surface area contributed by atoms with Crippen molar-refractivity contribution in [2.45, 2.75) is 20.8 Å². The number of hydrogen-bond acceptors (Lipinski definition) is 4. The summed E-state index contributed by atoms with van der Waals surface area (Å²) in [7, 11) is 0. The third kappa shape index (κ3) is 3.34. The van der Waals surface area contributed by atoms with E-state index in [0.29, 0.717) is 5.56 Å². The van der Waals surface area contributed by atoms with Gasteiger partial charge in [-0.25, -0.2) is 4.79 Å². The predicted molar refractivity (Wildman–Crippen MR) is 83.4 cm³/mol. The zero-order valence-electron chi connectivity index (χ0n) is 12.8. The summed E-state index contributed by atoms with van der Waals surface area (Å²) in [6, 6.07) is 9.81. The van der Waals surface area contributed by atoms with Crippen LogP contribution in [0.4, 0.5) is 0 Å². The number of benzene rings is 2. The molecule has 0 radical (unpaired) electrons. The summed E-state index contributed by atoms with van der Waals surface area (Å²) in [6.45, 7) is 5.41. The third-order valence-electron chi connectivity index (χ3n) is 3.60. The smallest absolute Gasteiger partial charge is 0.342 e. The molecule has 0 saturated heterocycles. The quantitative estimate of drug-likeness (QED) is 0.694. The number of phenolic OH excluding ortho intramolecular Hbond substituents is 1. The van der Waals surface area contributed by atoms with E-state index in [1.54, 1.807) is 18.2 Å². The molecule has 0 atom stereocenters. The number of phenols is 1. The van der Waals surface area contributed by atoms with Crippen LogP contribution in [0.2, 0.25) is 0 Å². The molecular formula is C18H18O4. The molecule has 0 aliphatic carbocycles. The van der Waals surface area contributed by atoms with Crippen LogP contribution in [-0.4, -0.2) is 23.5 Å². The van der Waals surface area contributed by atoms with Crippen LogP contribution in [0.3, 0.4) is 0 Å². The van der Waals surface area contributed by atoms with Gasteiger partial charge in [0.25, 0.3) is 0 Å². The molecule has 0 heterocycles. The average molecular weight is 298 g/mol. The van der Waals surface area contributed by atoms with E-state index in [4.69, 9.17) is 4.74 Å². The number of carbonyl (C=O) groups excluding carboxylic acids is 2. The fraction of sp³-hybridized carbons (Fsp3) is 0.222. The summed E-state index contributed by atoms with van der Waals surface area (Å²) in [6.07, 6.45) is 0. The Morgan fingerprint density at radius 2 is 1.59 bits per heavy atom. The average Bonchev–Trinajstić information content (AvgIpc) is 2.48. The van der Waals surface area contributed by atoms with Gasteiger partial charge in [-0.15, -0.1) is 0 Å². The Bertz CT molecular complexity index is 732. The van der Waals surface area contributed by atoms with Crippen molar-refractivity contribution in [3.8, 4) is 5.75 Å². The molecule has 0 amide bonds. The first-order valence-electron chi connectivity index (χ1n) is 6.96. The van der Waals surface area contributed by atoms with Gasteiger partial charge in [0.15, 0.2) is 6.61 Å². The lowest BCUT2D eigenvalue weighted by Crippen LogP contribution is -2.15. The highest BCUT2D eigenvalue weighted by molar-refractivity contribution is 6.01. The molecule has 22 heavy (non-hydrogen) atoms. The molecular weight excluding hydrogens is 280 g/mol. The van der Waals surface area contributed by atoms with E-state index < -0.39 is 5.97 Å². The molecule has 2 aromatic carbocycles. The van der Waals surface area contributed by atoms with Crippen molar-refractivity contribution in [1.82, 2.24) is 0 Å². The van der Waals surface area contributed by atoms with Gasteiger partial charge in [-0.05, 0) is 55.7 Å². The van der Waals surface area contributed by atoms with Gasteiger partial charge in [-0.3, -0.25) is 4.79 Å². The number of ether oxygens (including phenoxy) is 1. The molecule has 114 valence electrons. The second-order valence-electron chi connectivity index (χ2n) is 5.27. The first-order valence-corrected chi connectivity index (χ1v) is 6.96. The van der Waals surface area contributed by atoms with Crippen molar-refractivity contribution >= 4 is 11.8 Å². The van der Waals surface area contributed by atoms with Crippen LogP contribution in [0.25, 0.3) is 0 Å². The van der Waals surface area contributed by atoms with Gasteiger partial charge in [0.05, 0.1) is 0 Å². The summed E-state index contributed by atoms with van der Waals surface area (Å²) >= 11 is 0. The standard InChI is InChI=1S/C18H18O4/c1-11-8-13(3)15(9-12(11)2)17(20)10-22-18(21)14-6-4-5-7-16(14)19/h4-9,19H,10H2,1-3H3. The van der Waals surface area contributed by atoms with Gasteiger partial charge >= 0.3 is 5.97 Å². The van der Waals surface area contributed by atoms with Crippen LogP contribution in [0.5, 0.6) is 5.75 Å². The lowest BCUT2D eigenvalue weighted by molar-refractivity contribution is 0.0471. The van der Waals surface area contributed by atoms with E-state index in [1.165, 1.54) is 12.1 Å². The van der Waals surface area contributed by atoms with E-state index >= 15 is 0 Å². The lowest BCUT2D eigenvalue weighted by atomic mass is 9.98. The largest absolute Gasteiger partial charge is 0.507 e. The number of Topliss-reactive ketones (excluding diaryl/α,β-unsaturated/α-hetero) is 1. The fourth-order valence-corrected chi connectivity index (χ4v) is 2.19. The molecule has 0 aliphatic rings. The highest BCUT2D eigenvalue weighted by Crippen LogP contribution is 2.18. The van der Waals surface area contributed by atoms with Gasteiger partial charge < -0.3 is 9.84 Å². The number of aryl methyl sites for hydroxylation is 3. The SMILES string of the molecule is Cc1cc(C)c(C(=O)COC(=O)c2ccccc2O)cc1C. The van der Waals surface area contributed by atoms with Crippen LogP contribution < -0.4 is 0 Å². The first kappa shape index (κ1) is 15.8. The zero-order valence-corrected chi connectivity index (χ0v) is 12.8. The maximum Gasteiger partial charge on any atom is 0.342 e. The van der Waals surface area contributed by atoms with Crippen molar-refractivity contribution < 1.29 is 19.4 Å². The van der Waals surface area contributed by atoms with E-state index in [0.717, 1.165) is 16.7 Å². The van der Waals surface area contributed by atoms with E-state index in [9.17, 15) is 14.7 Å². The minimum absolute atomic E-state index is 0.0482. The second kappa shape index (κ2) is 6.43. The molecule has 4 heteroatoms. The number of carbonyl (C=O) groups is 2. The van der Waals surface area contributed by atoms with Crippen molar-refractivity contribution in [1.29, 1.82) is 0 Å². The molecule has 0 fully saturated rings. The van der Waals surface area contributed by atoms with Crippen LogP contribution in [0, 0.1) is 20.8 Å². The molecule has 0 spiro atoms. The molecule has 0 unspecified atom stereocenters. The molecule has 0 aliphatic heterocycles. The molecule has 0 saturated carbocycles. The highest BCUT2D eigenvalue weighted by atomic mass is 16.5. The molecule has 1 N–H and O–H groups in total.